The van der Waals surface area contributed by atoms with Gasteiger partial charge in [-0.3, -0.25) is 4.98 Å². The fraction of sp³-hybridized carbons (Fsp3) is 0.227. The van der Waals surface area contributed by atoms with Gasteiger partial charge >= 0.3 is 0 Å². The molecule has 0 saturated carbocycles. The zero-order chi connectivity index (χ0) is 20.0. The van der Waals surface area contributed by atoms with Crippen LogP contribution >= 0.6 is 0 Å². The minimum absolute atomic E-state index is 0.267. The van der Waals surface area contributed by atoms with Crippen LogP contribution in [0.15, 0.2) is 59.6 Å². The SMILES string of the molecule is CCOc1ccc(S(=O)(=O)N2CCc3c([nH]c4ccccc34)C2)c2cccnc12. The van der Waals surface area contributed by atoms with Crippen LogP contribution in [0.3, 0.4) is 0 Å². The van der Waals surface area contributed by atoms with Crippen LogP contribution in [-0.2, 0) is 23.0 Å². The lowest BCUT2D eigenvalue weighted by atomic mass is 10.1. The lowest BCUT2D eigenvalue weighted by Gasteiger charge is -2.27. The molecule has 7 heteroatoms. The molecule has 1 N–H and O–H groups in total. The first-order chi connectivity index (χ1) is 14.1. The molecule has 2 aromatic carbocycles. The van der Waals surface area contributed by atoms with E-state index >= 15 is 0 Å². The fourth-order valence-electron chi connectivity index (χ4n) is 4.13. The van der Waals surface area contributed by atoms with E-state index in [1.807, 2.05) is 25.1 Å². The molecule has 0 spiro atoms. The van der Waals surface area contributed by atoms with Gasteiger partial charge in [-0.1, -0.05) is 18.2 Å². The summed E-state index contributed by atoms with van der Waals surface area (Å²) in [6.07, 6.45) is 2.34. The highest BCUT2D eigenvalue weighted by molar-refractivity contribution is 7.89. The van der Waals surface area contributed by atoms with Gasteiger partial charge in [-0.25, -0.2) is 8.42 Å². The number of pyridine rings is 1. The molecule has 2 aromatic heterocycles. The van der Waals surface area contributed by atoms with Gasteiger partial charge in [0.25, 0.3) is 0 Å². The smallest absolute Gasteiger partial charge is 0.244 e. The maximum Gasteiger partial charge on any atom is 0.244 e. The molecule has 0 atom stereocenters. The van der Waals surface area contributed by atoms with E-state index in [9.17, 15) is 8.42 Å². The van der Waals surface area contributed by atoms with E-state index in [0.29, 0.717) is 42.8 Å². The molecule has 0 aliphatic carbocycles. The number of fused-ring (bicyclic) bond motifs is 4. The summed E-state index contributed by atoms with van der Waals surface area (Å²) in [7, 11) is -3.68. The zero-order valence-electron chi connectivity index (χ0n) is 16.1. The number of ether oxygens (including phenoxy) is 1. The molecule has 1 aliphatic heterocycles. The van der Waals surface area contributed by atoms with E-state index in [0.717, 1.165) is 11.2 Å². The highest BCUT2D eigenvalue weighted by Crippen LogP contribution is 2.34. The van der Waals surface area contributed by atoms with Crippen molar-refractivity contribution in [3.63, 3.8) is 0 Å². The van der Waals surface area contributed by atoms with E-state index in [1.54, 1.807) is 34.8 Å². The number of hydrogen-bond donors (Lipinski definition) is 1. The molecule has 0 bridgehead atoms. The largest absolute Gasteiger partial charge is 0.492 e. The zero-order valence-corrected chi connectivity index (χ0v) is 16.9. The summed E-state index contributed by atoms with van der Waals surface area (Å²) in [6.45, 7) is 3.17. The molecular formula is C22H21N3O3S. The summed E-state index contributed by atoms with van der Waals surface area (Å²) < 4.78 is 34.3. The topological polar surface area (TPSA) is 75.3 Å². The Morgan fingerprint density at radius 1 is 1.10 bits per heavy atom. The number of nitrogens with one attached hydrogen (secondary N) is 1. The van der Waals surface area contributed by atoms with Crippen molar-refractivity contribution in [1.29, 1.82) is 0 Å². The number of para-hydroxylation sites is 1. The third-order valence-electron chi connectivity index (χ3n) is 5.46. The number of H-pyrrole nitrogens is 1. The molecule has 0 fully saturated rings. The Kier molecular flexibility index (Phi) is 4.29. The molecule has 29 heavy (non-hydrogen) atoms. The summed E-state index contributed by atoms with van der Waals surface area (Å²) in [5.74, 6) is 0.596. The van der Waals surface area contributed by atoms with E-state index < -0.39 is 10.0 Å². The summed E-state index contributed by atoms with van der Waals surface area (Å²) in [4.78, 5) is 8.03. The van der Waals surface area contributed by atoms with Crippen LogP contribution in [0, 0.1) is 0 Å². The first-order valence-corrected chi connectivity index (χ1v) is 11.1. The predicted octanol–water partition coefficient (Wildman–Crippen LogP) is 3.86. The first kappa shape index (κ1) is 18.1. The summed E-state index contributed by atoms with van der Waals surface area (Å²) in [5, 5.41) is 1.76. The Morgan fingerprint density at radius 2 is 1.93 bits per heavy atom. The molecule has 0 unspecified atom stereocenters. The molecule has 4 aromatic rings. The number of hydrogen-bond acceptors (Lipinski definition) is 4. The van der Waals surface area contributed by atoms with Crippen LogP contribution in [-0.4, -0.2) is 35.8 Å². The molecule has 0 radical (unpaired) electrons. The van der Waals surface area contributed by atoms with Crippen LogP contribution in [0.5, 0.6) is 5.75 Å². The minimum atomic E-state index is -3.68. The summed E-state index contributed by atoms with van der Waals surface area (Å²) in [6, 6.07) is 15.0. The van der Waals surface area contributed by atoms with Crippen LogP contribution in [0.4, 0.5) is 0 Å². The average molecular weight is 407 g/mol. The van der Waals surface area contributed by atoms with Crippen molar-refractivity contribution in [1.82, 2.24) is 14.3 Å². The average Bonchev–Trinajstić information content (AvgIpc) is 3.12. The van der Waals surface area contributed by atoms with Crippen molar-refractivity contribution < 1.29 is 13.2 Å². The number of aromatic amines is 1. The van der Waals surface area contributed by atoms with Gasteiger partial charge in [0, 0.05) is 34.7 Å². The number of nitrogens with zero attached hydrogens (tertiary/aromatic N) is 2. The number of aromatic nitrogens is 2. The molecule has 0 amide bonds. The van der Waals surface area contributed by atoms with E-state index in [-0.39, 0.29) is 4.90 Å². The van der Waals surface area contributed by atoms with Gasteiger partial charge in [0.05, 0.1) is 18.0 Å². The van der Waals surface area contributed by atoms with Gasteiger partial charge in [-0.15, -0.1) is 0 Å². The monoisotopic (exact) mass is 407 g/mol. The lowest BCUT2D eigenvalue weighted by Crippen LogP contribution is -2.36. The molecule has 1 aliphatic rings. The van der Waals surface area contributed by atoms with Crippen molar-refractivity contribution in [3.8, 4) is 5.75 Å². The van der Waals surface area contributed by atoms with Crippen molar-refractivity contribution in [2.75, 3.05) is 13.2 Å². The van der Waals surface area contributed by atoms with Gasteiger partial charge in [0.2, 0.25) is 10.0 Å². The van der Waals surface area contributed by atoms with Crippen LogP contribution in [0.2, 0.25) is 0 Å². The Labute approximate surface area is 169 Å². The molecule has 0 saturated heterocycles. The quantitative estimate of drug-likeness (QED) is 0.557. The first-order valence-electron chi connectivity index (χ1n) is 9.68. The summed E-state index contributed by atoms with van der Waals surface area (Å²) in [5.41, 5.74) is 3.80. The fourth-order valence-corrected chi connectivity index (χ4v) is 5.72. The summed E-state index contributed by atoms with van der Waals surface area (Å²) >= 11 is 0. The third-order valence-corrected chi connectivity index (χ3v) is 7.36. The standard InChI is InChI=1S/C22H21N3O3S/c1-2-28-20-9-10-21(17-7-5-12-23-22(17)20)29(26,27)25-13-11-16-15-6-3-4-8-18(15)24-19(16)14-25/h3-10,12,24H,2,11,13-14H2,1H3. The minimum Gasteiger partial charge on any atom is -0.492 e. The Balaban J connectivity index is 1.58. The number of sulfonamides is 1. The Morgan fingerprint density at radius 3 is 2.79 bits per heavy atom. The molecule has 6 nitrogen and oxygen atoms in total. The van der Waals surface area contributed by atoms with E-state index in [1.165, 1.54) is 10.9 Å². The Bertz CT molecular complexity index is 1330. The predicted molar refractivity (Wildman–Crippen MR) is 113 cm³/mol. The maximum atomic E-state index is 13.5. The van der Waals surface area contributed by atoms with Gasteiger partial charge in [0.15, 0.2) is 0 Å². The van der Waals surface area contributed by atoms with Crippen molar-refractivity contribution in [2.24, 2.45) is 0 Å². The van der Waals surface area contributed by atoms with Crippen molar-refractivity contribution in [2.45, 2.75) is 24.8 Å². The highest BCUT2D eigenvalue weighted by atomic mass is 32.2. The molecular weight excluding hydrogens is 386 g/mol. The van der Waals surface area contributed by atoms with Gasteiger partial charge < -0.3 is 9.72 Å². The number of benzene rings is 2. The molecule has 3 heterocycles. The van der Waals surface area contributed by atoms with Crippen LogP contribution in [0.1, 0.15) is 18.2 Å². The second-order valence-electron chi connectivity index (χ2n) is 7.11. The van der Waals surface area contributed by atoms with Gasteiger partial charge in [-0.2, -0.15) is 4.31 Å². The van der Waals surface area contributed by atoms with Gasteiger partial charge in [0.1, 0.15) is 11.3 Å². The second-order valence-corrected chi connectivity index (χ2v) is 9.02. The lowest BCUT2D eigenvalue weighted by molar-refractivity contribution is 0.343. The second kappa shape index (κ2) is 6.86. The normalized spacial score (nSPS) is 14.9. The van der Waals surface area contributed by atoms with Gasteiger partial charge in [-0.05, 0) is 49.2 Å². The van der Waals surface area contributed by atoms with Crippen LogP contribution < -0.4 is 4.74 Å². The highest BCUT2D eigenvalue weighted by Gasteiger charge is 2.31. The third kappa shape index (κ3) is 2.89. The van der Waals surface area contributed by atoms with E-state index in [2.05, 4.69) is 16.0 Å². The Hall–Kier alpha value is -2.90. The van der Waals surface area contributed by atoms with Crippen molar-refractivity contribution in [3.05, 3.63) is 66.0 Å². The maximum absolute atomic E-state index is 13.5. The molecule has 5 rings (SSSR count). The van der Waals surface area contributed by atoms with Crippen molar-refractivity contribution >= 4 is 31.8 Å². The van der Waals surface area contributed by atoms with E-state index in [4.69, 9.17) is 4.74 Å². The number of rotatable bonds is 4. The molecule has 148 valence electrons. The van der Waals surface area contributed by atoms with Crippen LogP contribution in [0.25, 0.3) is 21.8 Å².